The van der Waals surface area contributed by atoms with Crippen LogP contribution in [0.3, 0.4) is 0 Å². The summed E-state index contributed by atoms with van der Waals surface area (Å²) < 4.78 is 0.989. The third-order valence-electron chi connectivity index (χ3n) is 3.66. The minimum absolute atomic E-state index is 0.527. The zero-order valence-electron chi connectivity index (χ0n) is 11.2. The quantitative estimate of drug-likeness (QED) is 0.922. The van der Waals surface area contributed by atoms with E-state index in [9.17, 15) is 0 Å². The number of hydrogen-bond donors (Lipinski definition) is 1. The van der Waals surface area contributed by atoms with Gasteiger partial charge in [-0.25, -0.2) is 4.98 Å². The van der Waals surface area contributed by atoms with Gasteiger partial charge in [0.25, 0.3) is 0 Å². The van der Waals surface area contributed by atoms with Crippen molar-refractivity contribution in [3.63, 3.8) is 0 Å². The molecule has 1 aromatic heterocycles. The minimum Gasteiger partial charge on any atom is -0.354 e. The molecule has 4 nitrogen and oxygen atoms in total. The van der Waals surface area contributed by atoms with Crippen molar-refractivity contribution in [3.05, 3.63) is 22.3 Å². The average Bonchev–Trinajstić information content (AvgIpc) is 2.71. The molecular formula is C13H21BrN4. The molecule has 1 fully saturated rings. The van der Waals surface area contributed by atoms with Gasteiger partial charge in [0, 0.05) is 41.9 Å². The molecule has 1 aromatic rings. The van der Waals surface area contributed by atoms with Gasteiger partial charge in [0.2, 0.25) is 0 Å². The second-order valence-electron chi connectivity index (χ2n) is 5.25. The Labute approximate surface area is 117 Å². The fourth-order valence-corrected chi connectivity index (χ4v) is 3.08. The summed E-state index contributed by atoms with van der Waals surface area (Å²) >= 11 is 3.45. The van der Waals surface area contributed by atoms with E-state index in [0.717, 1.165) is 28.9 Å². The maximum atomic E-state index is 5.82. The molecule has 2 unspecified atom stereocenters. The Morgan fingerprint density at radius 3 is 2.78 bits per heavy atom. The van der Waals surface area contributed by atoms with Crippen LogP contribution in [0.2, 0.25) is 0 Å². The van der Waals surface area contributed by atoms with Gasteiger partial charge in [0.1, 0.15) is 5.82 Å². The lowest BCUT2D eigenvalue weighted by atomic mass is 10.1. The molecule has 1 saturated heterocycles. The number of halogens is 1. The summed E-state index contributed by atoms with van der Waals surface area (Å²) in [6, 6.07) is 2.65. The number of aromatic nitrogens is 1. The van der Waals surface area contributed by atoms with Gasteiger partial charge in [0.05, 0.1) is 0 Å². The fourth-order valence-electron chi connectivity index (χ4n) is 2.70. The van der Waals surface area contributed by atoms with E-state index >= 15 is 0 Å². The van der Waals surface area contributed by atoms with E-state index < -0.39 is 0 Å². The lowest BCUT2D eigenvalue weighted by molar-refractivity contribution is 0.266. The normalized spacial score (nSPS) is 24.0. The monoisotopic (exact) mass is 312 g/mol. The van der Waals surface area contributed by atoms with Crippen molar-refractivity contribution in [1.82, 2.24) is 9.88 Å². The van der Waals surface area contributed by atoms with Crippen LogP contribution in [0.25, 0.3) is 0 Å². The zero-order chi connectivity index (χ0) is 13.3. The highest BCUT2D eigenvalue weighted by Gasteiger charge is 2.32. The van der Waals surface area contributed by atoms with Crippen molar-refractivity contribution in [1.29, 1.82) is 0 Å². The molecule has 2 rings (SSSR count). The third kappa shape index (κ3) is 2.68. The second kappa shape index (κ2) is 5.55. The summed E-state index contributed by atoms with van der Waals surface area (Å²) in [5.74, 6) is 1.69. The Balaban J connectivity index is 2.23. The minimum atomic E-state index is 0.527. The molecule has 1 aliphatic heterocycles. The zero-order valence-corrected chi connectivity index (χ0v) is 12.8. The molecule has 5 heteroatoms. The molecule has 2 heterocycles. The predicted molar refractivity (Wildman–Crippen MR) is 78.7 cm³/mol. The predicted octanol–water partition coefficient (Wildman–Crippen LogP) is 1.69. The van der Waals surface area contributed by atoms with E-state index in [1.165, 1.54) is 0 Å². The van der Waals surface area contributed by atoms with Crippen LogP contribution in [-0.2, 0) is 6.54 Å². The number of anilines is 1. The first-order valence-electron chi connectivity index (χ1n) is 6.28. The summed E-state index contributed by atoms with van der Waals surface area (Å²) in [6.07, 6.45) is 1.85. The van der Waals surface area contributed by atoms with E-state index in [1.54, 1.807) is 0 Å². The van der Waals surface area contributed by atoms with E-state index in [1.807, 2.05) is 6.20 Å². The van der Waals surface area contributed by atoms with Crippen LogP contribution in [0.5, 0.6) is 0 Å². The highest BCUT2D eigenvalue weighted by molar-refractivity contribution is 9.10. The van der Waals surface area contributed by atoms with Crippen LogP contribution in [-0.4, -0.2) is 43.1 Å². The van der Waals surface area contributed by atoms with Crippen LogP contribution >= 0.6 is 15.9 Å². The molecule has 0 radical (unpaired) electrons. The molecule has 0 aromatic carbocycles. The first-order chi connectivity index (χ1) is 8.52. The maximum Gasteiger partial charge on any atom is 0.133 e. The van der Waals surface area contributed by atoms with Crippen LogP contribution in [0.1, 0.15) is 12.5 Å². The molecule has 2 N–H and O–H groups in total. The van der Waals surface area contributed by atoms with Crippen LogP contribution < -0.4 is 10.6 Å². The number of hydrogen-bond acceptors (Lipinski definition) is 4. The number of likely N-dealkylation sites (N-methyl/N-ethyl adjacent to an activating group) is 1. The van der Waals surface area contributed by atoms with Gasteiger partial charge < -0.3 is 15.5 Å². The van der Waals surface area contributed by atoms with Gasteiger partial charge in [-0.3, -0.25) is 0 Å². The Bertz CT molecular complexity index is 421. The van der Waals surface area contributed by atoms with Crippen molar-refractivity contribution >= 4 is 21.7 Å². The molecule has 0 saturated carbocycles. The van der Waals surface area contributed by atoms with E-state index in [2.05, 4.69) is 57.8 Å². The van der Waals surface area contributed by atoms with Gasteiger partial charge in [-0.05, 0) is 42.0 Å². The summed E-state index contributed by atoms with van der Waals surface area (Å²) in [7, 11) is 4.28. The van der Waals surface area contributed by atoms with Crippen molar-refractivity contribution in [2.45, 2.75) is 19.5 Å². The molecule has 0 amide bonds. The summed E-state index contributed by atoms with van der Waals surface area (Å²) in [4.78, 5) is 9.19. The van der Waals surface area contributed by atoms with E-state index in [-0.39, 0.29) is 0 Å². The second-order valence-corrected chi connectivity index (χ2v) is 6.17. The molecule has 0 spiro atoms. The van der Waals surface area contributed by atoms with Gasteiger partial charge in [-0.2, -0.15) is 0 Å². The largest absolute Gasteiger partial charge is 0.354 e. The van der Waals surface area contributed by atoms with Crippen LogP contribution in [0.4, 0.5) is 5.82 Å². The SMILES string of the molecule is CC1CN(c2ncc(Br)cc2CN)CC1N(C)C. The molecule has 100 valence electrons. The highest BCUT2D eigenvalue weighted by atomic mass is 79.9. The van der Waals surface area contributed by atoms with Gasteiger partial charge in [0.15, 0.2) is 0 Å². The van der Waals surface area contributed by atoms with E-state index in [4.69, 9.17) is 5.73 Å². The van der Waals surface area contributed by atoms with E-state index in [0.29, 0.717) is 18.5 Å². The standard InChI is InChI=1S/C13H21BrN4/c1-9-7-18(8-12(9)17(2)3)13-10(5-15)4-11(14)6-16-13/h4,6,9,12H,5,7-8,15H2,1-3H3. The van der Waals surface area contributed by atoms with Gasteiger partial charge >= 0.3 is 0 Å². The average molecular weight is 313 g/mol. The van der Waals surface area contributed by atoms with Crippen molar-refractivity contribution in [2.24, 2.45) is 11.7 Å². The topological polar surface area (TPSA) is 45.4 Å². The summed E-state index contributed by atoms with van der Waals surface area (Å²) in [5, 5.41) is 0. The molecule has 2 atom stereocenters. The fraction of sp³-hybridized carbons (Fsp3) is 0.615. The summed E-state index contributed by atoms with van der Waals surface area (Å²) in [5.41, 5.74) is 6.93. The number of nitrogens with two attached hydrogens (primary N) is 1. The van der Waals surface area contributed by atoms with Crippen LogP contribution in [0.15, 0.2) is 16.7 Å². The smallest absolute Gasteiger partial charge is 0.133 e. The highest BCUT2D eigenvalue weighted by Crippen LogP contribution is 2.28. The third-order valence-corrected chi connectivity index (χ3v) is 4.10. The number of rotatable bonds is 3. The Morgan fingerprint density at radius 1 is 1.50 bits per heavy atom. The van der Waals surface area contributed by atoms with Crippen molar-refractivity contribution in [3.8, 4) is 0 Å². The molecule has 18 heavy (non-hydrogen) atoms. The molecule has 0 aliphatic carbocycles. The summed E-state index contributed by atoms with van der Waals surface area (Å²) in [6.45, 7) is 4.89. The molecule has 1 aliphatic rings. The van der Waals surface area contributed by atoms with Crippen LogP contribution in [0, 0.1) is 5.92 Å². The number of pyridine rings is 1. The van der Waals surface area contributed by atoms with Crippen molar-refractivity contribution in [2.75, 3.05) is 32.1 Å². The first-order valence-corrected chi connectivity index (χ1v) is 7.08. The van der Waals surface area contributed by atoms with Gasteiger partial charge in [-0.15, -0.1) is 0 Å². The Morgan fingerprint density at radius 2 is 2.22 bits per heavy atom. The maximum absolute atomic E-state index is 5.82. The lowest BCUT2D eigenvalue weighted by Gasteiger charge is -2.23. The first kappa shape index (κ1) is 13.8. The van der Waals surface area contributed by atoms with Crippen molar-refractivity contribution < 1.29 is 0 Å². The Kier molecular flexibility index (Phi) is 4.25. The lowest BCUT2D eigenvalue weighted by Crippen LogP contribution is -2.34. The molecular weight excluding hydrogens is 292 g/mol. The van der Waals surface area contributed by atoms with Gasteiger partial charge in [-0.1, -0.05) is 6.92 Å². The molecule has 0 bridgehead atoms. The number of nitrogens with zero attached hydrogens (tertiary/aromatic N) is 3. The Hall–Kier alpha value is -0.650.